The average molecular weight is 401 g/mol. The summed E-state index contributed by atoms with van der Waals surface area (Å²) in [5.41, 5.74) is 1.27. The number of anilines is 1. The van der Waals surface area contributed by atoms with Gasteiger partial charge in [0.1, 0.15) is 0 Å². The minimum atomic E-state index is -3.78. The summed E-state index contributed by atoms with van der Waals surface area (Å²) in [5, 5.41) is 2.88. The first-order valence-electron chi connectivity index (χ1n) is 8.96. The second-order valence-electron chi connectivity index (χ2n) is 5.35. The van der Waals surface area contributed by atoms with E-state index in [1.807, 2.05) is 0 Å². The van der Waals surface area contributed by atoms with E-state index in [-0.39, 0.29) is 32.2 Å². The molecule has 152 valence electrons. The normalized spacial score (nSPS) is 12.3. The molecule has 0 aromatic heterocycles. The molecular weight excluding hydrogens is 373 g/mol. The molecule has 1 unspecified atom stereocenters. The number of hydrogen-bond acceptors (Lipinski definition) is 8. The van der Waals surface area contributed by atoms with Crippen molar-refractivity contribution in [3.63, 3.8) is 0 Å². The van der Waals surface area contributed by atoms with Crippen LogP contribution in [0, 0.1) is 0 Å². The molecular formula is C18H28NO7P. The zero-order valence-corrected chi connectivity index (χ0v) is 17.1. The van der Waals surface area contributed by atoms with Gasteiger partial charge in [0.15, 0.2) is 0 Å². The number of benzene rings is 1. The highest BCUT2D eigenvalue weighted by atomic mass is 31.2. The van der Waals surface area contributed by atoms with Crippen LogP contribution in [0.5, 0.6) is 0 Å². The molecule has 1 atom stereocenters. The van der Waals surface area contributed by atoms with E-state index < -0.39 is 19.3 Å². The van der Waals surface area contributed by atoms with E-state index in [4.69, 9.17) is 18.5 Å². The number of ether oxygens (including phenoxy) is 2. The van der Waals surface area contributed by atoms with Gasteiger partial charge in [0.05, 0.1) is 32.8 Å². The summed E-state index contributed by atoms with van der Waals surface area (Å²) in [4.78, 5) is 23.9. The number of esters is 2. The lowest BCUT2D eigenvalue weighted by Gasteiger charge is -2.26. The van der Waals surface area contributed by atoms with Crippen LogP contribution in [0.15, 0.2) is 24.3 Å². The Morgan fingerprint density at radius 3 is 1.96 bits per heavy atom. The van der Waals surface area contributed by atoms with E-state index in [0.29, 0.717) is 12.3 Å². The molecule has 1 N–H and O–H groups in total. The van der Waals surface area contributed by atoms with Gasteiger partial charge in [0, 0.05) is 5.69 Å². The van der Waals surface area contributed by atoms with Crippen molar-refractivity contribution >= 4 is 25.2 Å². The molecule has 8 nitrogen and oxygen atoms in total. The average Bonchev–Trinajstić information content (AvgIpc) is 2.61. The van der Waals surface area contributed by atoms with Crippen molar-refractivity contribution in [3.8, 4) is 0 Å². The van der Waals surface area contributed by atoms with Crippen molar-refractivity contribution in [3.05, 3.63) is 29.8 Å². The first kappa shape index (κ1) is 23.1. The maximum absolute atomic E-state index is 13.0. The van der Waals surface area contributed by atoms with E-state index in [0.717, 1.165) is 5.56 Å². The lowest BCUT2D eigenvalue weighted by molar-refractivity contribution is -0.143. The molecule has 0 spiro atoms. The molecule has 27 heavy (non-hydrogen) atoms. The quantitative estimate of drug-likeness (QED) is 0.420. The van der Waals surface area contributed by atoms with Crippen molar-refractivity contribution in [2.24, 2.45) is 0 Å². The third kappa shape index (κ3) is 7.33. The Morgan fingerprint density at radius 1 is 0.926 bits per heavy atom. The summed E-state index contributed by atoms with van der Waals surface area (Å²) < 4.78 is 33.6. The van der Waals surface area contributed by atoms with E-state index in [1.165, 1.54) is 0 Å². The highest BCUT2D eigenvalue weighted by molar-refractivity contribution is 7.55. The van der Waals surface area contributed by atoms with Crippen LogP contribution in [0.4, 0.5) is 5.69 Å². The molecule has 0 radical (unpaired) electrons. The SMILES string of the molecule is CCOC(=O)Cc1ccc(NC(C(=O)OCC)P(=O)(OCC)OCC)cc1. The van der Waals surface area contributed by atoms with Crippen LogP contribution in [0.1, 0.15) is 33.3 Å². The van der Waals surface area contributed by atoms with Gasteiger partial charge in [-0.05, 0) is 45.4 Å². The van der Waals surface area contributed by atoms with Crippen LogP contribution in [0.25, 0.3) is 0 Å². The Morgan fingerprint density at radius 2 is 1.48 bits per heavy atom. The van der Waals surface area contributed by atoms with Gasteiger partial charge in [-0.1, -0.05) is 12.1 Å². The van der Waals surface area contributed by atoms with Gasteiger partial charge in [-0.15, -0.1) is 0 Å². The Kier molecular flexibility index (Phi) is 10.1. The maximum Gasteiger partial charge on any atom is 0.364 e. The van der Waals surface area contributed by atoms with Crippen molar-refractivity contribution in [1.82, 2.24) is 0 Å². The standard InChI is InChI=1S/C18H28NO7P/c1-5-23-16(20)13-14-9-11-15(12-10-14)19-17(18(21)24-6-2)27(22,25-7-3)26-8-4/h9-12,17,19H,5-8,13H2,1-4H3. The predicted molar refractivity (Wildman–Crippen MR) is 102 cm³/mol. The molecule has 1 aromatic carbocycles. The number of carbonyl (C=O) groups excluding carboxylic acids is 2. The first-order chi connectivity index (χ1) is 12.9. The third-order valence-corrected chi connectivity index (χ3v) is 5.56. The predicted octanol–water partition coefficient (Wildman–Crippen LogP) is 3.36. The minimum Gasteiger partial charge on any atom is -0.466 e. The molecule has 0 aliphatic rings. The topological polar surface area (TPSA) is 100 Å². The number of hydrogen-bond donors (Lipinski definition) is 1. The summed E-state index contributed by atoms with van der Waals surface area (Å²) in [7, 11) is -3.78. The summed E-state index contributed by atoms with van der Waals surface area (Å²) in [5.74, 6) is -2.34. The zero-order valence-electron chi connectivity index (χ0n) is 16.2. The summed E-state index contributed by atoms with van der Waals surface area (Å²) in [6.45, 7) is 7.43. The fraction of sp³-hybridized carbons (Fsp3) is 0.556. The van der Waals surface area contributed by atoms with E-state index >= 15 is 0 Å². The van der Waals surface area contributed by atoms with Crippen LogP contribution in [-0.2, 0) is 39.1 Å². The van der Waals surface area contributed by atoms with Crippen LogP contribution in [0.2, 0.25) is 0 Å². The molecule has 0 bridgehead atoms. The molecule has 0 amide bonds. The van der Waals surface area contributed by atoms with Gasteiger partial charge in [-0.2, -0.15) is 0 Å². The molecule has 0 saturated heterocycles. The smallest absolute Gasteiger partial charge is 0.364 e. The minimum absolute atomic E-state index is 0.118. The van der Waals surface area contributed by atoms with Crippen molar-refractivity contribution in [1.29, 1.82) is 0 Å². The lowest BCUT2D eigenvalue weighted by Crippen LogP contribution is -2.33. The monoisotopic (exact) mass is 401 g/mol. The summed E-state index contributed by atoms with van der Waals surface area (Å²) in [6.07, 6.45) is 0.145. The first-order valence-corrected chi connectivity index (χ1v) is 10.6. The second kappa shape index (κ2) is 11.7. The lowest BCUT2D eigenvalue weighted by atomic mass is 10.1. The maximum atomic E-state index is 13.0. The van der Waals surface area contributed by atoms with Crippen LogP contribution >= 0.6 is 7.60 Å². The van der Waals surface area contributed by atoms with Crippen LogP contribution < -0.4 is 5.32 Å². The van der Waals surface area contributed by atoms with E-state index in [2.05, 4.69) is 5.32 Å². The molecule has 9 heteroatoms. The third-order valence-electron chi connectivity index (χ3n) is 3.36. The molecule has 0 saturated carbocycles. The van der Waals surface area contributed by atoms with Gasteiger partial charge in [0.25, 0.3) is 0 Å². The van der Waals surface area contributed by atoms with Crippen LogP contribution in [0.3, 0.4) is 0 Å². The fourth-order valence-electron chi connectivity index (χ4n) is 2.29. The van der Waals surface area contributed by atoms with E-state index in [9.17, 15) is 14.2 Å². The zero-order chi connectivity index (χ0) is 20.3. The molecule has 1 aromatic rings. The van der Waals surface area contributed by atoms with Crippen LogP contribution in [-0.4, -0.2) is 44.1 Å². The summed E-state index contributed by atoms with van der Waals surface area (Å²) in [6, 6.07) is 6.77. The Bertz CT molecular complexity index is 638. The van der Waals surface area contributed by atoms with Gasteiger partial charge in [-0.3, -0.25) is 9.36 Å². The molecule has 1 rings (SSSR count). The number of rotatable bonds is 12. The fourth-order valence-corrected chi connectivity index (χ4v) is 4.02. The number of carbonyl (C=O) groups is 2. The van der Waals surface area contributed by atoms with Crippen molar-refractivity contribution < 1.29 is 32.7 Å². The Balaban J connectivity index is 2.99. The highest BCUT2D eigenvalue weighted by Crippen LogP contribution is 2.53. The number of nitrogens with one attached hydrogen (secondary N) is 1. The molecule has 0 fully saturated rings. The largest absolute Gasteiger partial charge is 0.466 e. The van der Waals surface area contributed by atoms with Crippen molar-refractivity contribution in [2.75, 3.05) is 31.7 Å². The Hall–Kier alpha value is -1.89. The highest BCUT2D eigenvalue weighted by Gasteiger charge is 2.42. The van der Waals surface area contributed by atoms with E-state index in [1.54, 1.807) is 52.0 Å². The Labute approximate surface area is 160 Å². The van der Waals surface area contributed by atoms with Gasteiger partial charge < -0.3 is 23.8 Å². The van der Waals surface area contributed by atoms with Crippen molar-refractivity contribution in [2.45, 2.75) is 39.9 Å². The summed E-state index contributed by atoms with van der Waals surface area (Å²) >= 11 is 0. The second-order valence-corrected chi connectivity index (χ2v) is 7.47. The van der Waals surface area contributed by atoms with Gasteiger partial charge >= 0.3 is 19.5 Å². The molecule has 0 aliphatic heterocycles. The molecule has 0 aliphatic carbocycles. The molecule has 0 heterocycles. The van der Waals surface area contributed by atoms with Gasteiger partial charge in [0.2, 0.25) is 5.78 Å². The van der Waals surface area contributed by atoms with Gasteiger partial charge in [-0.25, -0.2) is 4.79 Å².